The minimum atomic E-state index is -0.643. The van der Waals surface area contributed by atoms with Gasteiger partial charge < -0.3 is 19.9 Å². The molecular weight excluding hydrogens is 406 g/mol. The fraction of sp³-hybridized carbons (Fsp3) is 0.846. The lowest BCUT2D eigenvalue weighted by Crippen LogP contribution is -2.63. The Kier molecular flexibility index (Phi) is 6.75. The highest BCUT2D eigenvalue weighted by Gasteiger charge is 2.71. The van der Waals surface area contributed by atoms with Crippen LogP contribution in [0.3, 0.4) is 0 Å². The Morgan fingerprint density at radius 2 is 1.91 bits per heavy atom. The van der Waals surface area contributed by atoms with E-state index in [-0.39, 0.29) is 41.8 Å². The Morgan fingerprint density at radius 3 is 2.56 bits per heavy atom. The fourth-order valence-corrected chi connectivity index (χ4v) is 7.28. The van der Waals surface area contributed by atoms with Crippen LogP contribution >= 0.6 is 0 Å². The zero-order valence-electron chi connectivity index (χ0n) is 20.1. The predicted octanol–water partition coefficient (Wildman–Crippen LogP) is 3.76. The maximum absolute atomic E-state index is 13.0. The molecule has 2 saturated heterocycles. The molecule has 1 unspecified atom stereocenters. The van der Waals surface area contributed by atoms with E-state index in [1.54, 1.807) is 6.08 Å². The summed E-state index contributed by atoms with van der Waals surface area (Å²) in [5.41, 5.74) is -1.17. The lowest BCUT2D eigenvalue weighted by atomic mass is 9.69. The molecule has 7 atom stereocenters. The van der Waals surface area contributed by atoms with Crippen molar-refractivity contribution in [1.82, 2.24) is 5.32 Å². The van der Waals surface area contributed by atoms with E-state index in [0.717, 1.165) is 25.7 Å². The van der Waals surface area contributed by atoms with Gasteiger partial charge in [0.1, 0.15) is 18.3 Å². The molecule has 4 rings (SSSR count). The number of carbonyl (C=O) groups excluding carboxylic acids is 2. The summed E-state index contributed by atoms with van der Waals surface area (Å²) in [7, 11) is 0. The number of fused-ring (bicyclic) bond motifs is 4. The van der Waals surface area contributed by atoms with Gasteiger partial charge in [-0.15, -0.1) is 0 Å². The van der Waals surface area contributed by atoms with Crippen LogP contribution in [0.2, 0.25) is 0 Å². The summed E-state index contributed by atoms with van der Waals surface area (Å²) in [5, 5.41) is 12.4. The molecule has 6 nitrogen and oxygen atoms in total. The van der Waals surface area contributed by atoms with Crippen LogP contribution in [0.15, 0.2) is 12.2 Å². The maximum atomic E-state index is 13.0. The van der Waals surface area contributed by atoms with Crippen LogP contribution in [-0.4, -0.2) is 46.9 Å². The number of allylic oxidation sites excluding steroid dienone is 1. The number of nitrogens with one attached hydrogen (secondary N) is 1. The normalized spacial score (nSPS) is 41.8. The number of aliphatic hydroxyl groups is 1. The highest BCUT2D eigenvalue weighted by Crippen LogP contribution is 2.62. The molecule has 0 radical (unpaired) electrons. The quantitative estimate of drug-likeness (QED) is 0.478. The van der Waals surface area contributed by atoms with Crippen molar-refractivity contribution in [2.45, 2.75) is 102 Å². The summed E-state index contributed by atoms with van der Waals surface area (Å²) in [6.07, 6.45) is 12.1. The first kappa shape index (κ1) is 23.7. The van der Waals surface area contributed by atoms with Crippen molar-refractivity contribution in [2.75, 3.05) is 6.61 Å². The van der Waals surface area contributed by atoms with Gasteiger partial charge >= 0.3 is 5.97 Å². The molecule has 4 fully saturated rings. The lowest BCUT2D eigenvalue weighted by Gasteiger charge is -2.53. The van der Waals surface area contributed by atoms with E-state index in [9.17, 15) is 14.7 Å². The number of carbonyl (C=O) groups is 2. The summed E-state index contributed by atoms with van der Waals surface area (Å²) in [5.74, 6) is 0.783. The third-order valence-corrected chi connectivity index (χ3v) is 9.10. The van der Waals surface area contributed by atoms with Crippen LogP contribution in [0, 0.1) is 29.6 Å². The SMILES string of the molecule is CC(C)C12C[C@@H](NC(=O)CO)[C@@](C)(O1)[C@@H]1CC[C@@H](C)[C@H]1[C@@H]2OC(=O)/C=C/C1CCCCC1. The van der Waals surface area contributed by atoms with E-state index in [1.807, 2.05) is 6.08 Å². The molecule has 1 amide bonds. The maximum Gasteiger partial charge on any atom is 0.330 e. The van der Waals surface area contributed by atoms with Crippen molar-refractivity contribution in [3.05, 3.63) is 12.2 Å². The third kappa shape index (κ3) is 4.02. The molecule has 2 heterocycles. The van der Waals surface area contributed by atoms with Crippen LogP contribution in [0.25, 0.3) is 0 Å². The van der Waals surface area contributed by atoms with Crippen LogP contribution in [0.5, 0.6) is 0 Å². The largest absolute Gasteiger partial charge is 0.456 e. The monoisotopic (exact) mass is 447 g/mol. The topological polar surface area (TPSA) is 84.9 Å². The molecule has 4 aliphatic rings. The molecule has 6 heteroatoms. The molecule has 32 heavy (non-hydrogen) atoms. The Morgan fingerprint density at radius 1 is 1.19 bits per heavy atom. The van der Waals surface area contributed by atoms with Gasteiger partial charge in [-0.3, -0.25) is 4.79 Å². The van der Waals surface area contributed by atoms with Crippen molar-refractivity contribution in [3.63, 3.8) is 0 Å². The Labute approximate surface area is 192 Å². The van der Waals surface area contributed by atoms with Gasteiger partial charge in [0.05, 0.1) is 11.6 Å². The molecule has 0 aromatic carbocycles. The molecule has 0 aromatic rings. The summed E-state index contributed by atoms with van der Waals surface area (Å²) in [6, 6.07) is -0.205. The van der Waals surface area contributed by atoms with Crippen molar-refractivity contribution >= 4 is 11.9 Å². The Balaban J connectivity index is 1.61. The van der Waals surface area contributed by atoms with Gasteiger partial charge in [-0.05, 0) is 56.3 Å². The first-order chi connectivity index (χ1) is 15.2. The number of amides is 1. The standard InChI is InChI=1S/C26H41NO5/c1-16(2)26-14-20(27-21(29)15-28)25(4,32-26)19-12-10-17(3)23(19)24(26)31-22(30)13-11-18-8-6-5-7-9-18/h11,13,16-20,23-24,28H,5-10,12,14-15H2,1-4H3,(H,27,29)/b13-11+/t17-,19-,20-,23-,24+,25+,26?/m1/s1. The van der Waals surface area contributed by atoms with E-state index < -0.39 is 17.8 Å². The highest BCUT2D eigenvalue weighted by molar-refractivity contribution is 5.82. The Bertz CT molecular complexity index is 744. The second-order valence-electron chi connectivity index (χ2n) is 11.2. The molecular formula is C26H41NO5. The smallest absolute Gasteiger partial charge is 0.330 e. The van der Waals surface area contributed by atoms with Gasteiger partial charge in [-0.25, -0.2) is 4.79 Å². The second kappa shape index (κ2) is 9.09. The lowest BCUT2D eigenvalue weighted by molar-refractivity contribution is -0.259. The third-order valence-electron chi connectivity index (χ3n) is 9.10. The summed E-state index contributed by atoms with van der Waals surface area (Å²) in [4.78, 5) is 25.1. The van der Waals surface area contributed by atoms with Crippen molar-refractivity contribution in [3.8, 4) is 0 Å². The number of aliphatic hydroxyl groups excluding tert-OH is 1. The van der Waals surface area contributed by atoms with E-state index in [4.69, 9.17) is 9.47 Å². The number of esters is 1. The van der Waals surface area contributed by atoms with Crippen LogP contribution in [-0.2, 0) is 19.1 Å². The Hall–Kier alpha value is -1.40. The van der Waals surface area contributed by atoms with Gasteiger partial charge in [0, 0.05) is 18.4 Å². The summed E-state index contributed by atoms with van der Waals surface area (Å²) < 4.78 is 13.1. The number of rotatable bonds is 6. The molecule has 0 spiro atoms. The predicted molar refractivity (Wildman–Crippen MR) is 122 cm³/mol. The minimum absolute atomic E-state index is 0.117. The molecule has 2 N–H and O–H groups in total. The van der Waals surface area contributed by atoms with Crippen LogP contribution in [0.1, 0.15) is 79.1 Å². The minimum Gasteiger partial charge on any atom is -0.456 e. The zero-order valence-corrected chi connectivity index (χ0v) is 20.1. The van der Waals surface area contributed by atoms with Crippen LogP contribution in [0.4, 0.5) is 0 Å². The number of hydrogen-bond donors (Lipinski definition) is 2. The van der Waals surface area contributed by atoms with E-state index >= 15 is 0 Å². The zero-order chi connectivity index (χ0) is 23.1. The molecule has 2 saturated carbocycles. The molecule has 2 bridgehead atoms. The summed E-state index contributed by atoms with van der Waals surface area (Å²) in [6.45, 7) is 8.07. The van der Waals surface area contributed by atoms with Gasteiger partial charge in [0.2, 0.25) is 5.91 Å². The van der Waals surface area contributed by atoms with Crippen LogP contribution < -0.4 is 5.32 Å². The number of ether oxygens (including phenoxy) is 2. The first-order valence-corrected chi connectivity index (χ1v) is 12.7. The van der Waals surface area contributed by atoms with E-state index in [0.29, 0.717) is 18.3 Å². The van der Waals surface area contributed by atoms with Gasteiger partial charge in [0.25, 0.3) is 0 Å². The summed E-state index contributed by atoms with van der Waals surface area (Å²) >= 11 is 0. The van der Waals surface area contributed by atoms with Crippen molar-refractivity contribution in [1.29, 1.82) is 0 Å². The van der Waals surface area contributed by atoms with Gasteiger partial charge in [-0.2, -0.15) is 0 Å². The molecule has 2 aliphatic heterocycles. The van der Waals surface area contributed by atoms with E-state index in [2.05, 4.69) is 33.0 Å². The average molecular weight is 448 g/mol. The molecule has 180 valence electrons. The molecule has 2 aliphatic carbocycles. The fourth-order valence-electron chi connectivity index (χ4n) is 7.28. The van der Waals surface area contributed by atoms with Crippen molar-refractivity contribution in [2.24, 2.45) is 29.6 Å². The van der Waals surface area contributed by atoms with Gasteiger partial charge in [0.15, 0.2) is 0 Å². The highest BCUT2D eigenvalue weighted by atomic mass is 16.6. The number of hydrogen-bond acceptors (Lipinski definition) is 5. The first-order valence-electron chi connectivity index (χ1n) is 12.7. The average Bonchev–Trinajstić information content (AvgIpc) is 3.28. The second-order valence-corrected chi connectivity index (χ2v) is 11.2. The van der Waals surface area contributed by atoms with E-state index in [1.165, 1.54) is 19.3 Å². The van der Waals surface area contributed by atoms with Crippen molar-refractivity contribution < 1.29 is 24.2 Å². The van der Waals surface area contributed by atoms with Gasteiger partial charge in [-0.1, -0.05) is 46.1 Å². The molecule has 0 aromatic heterocycles.